The van der Waals surface area contributed by atoms with Gasteiger partial charge in [-0.25, -0.2) is 9.40 Å². The van der Waals surface area contributed by atoms with Gasteiger partial charge in [-0.3, -0.25) is 10.2 Å². The molecule has 6 heteroatoms. The van der Waals surface area contributed by atoms with Crippen LogP contribution in [0.5, 0.6) is 0 Å². The smallest absolute Gasteiger partial charge is 0.285 e. The van der Waals surface area contributed by atoms with Gasteiger partial charge in [0.1, 0.15) is 5.82 Å². The minimum Gasteiger partial charge on any atom is -0.290 e. The molecule has 1 fully saturated rings. The number of thiocarbonyl (C=S) groups is 1. The fourth-order valence-electron chi connectivity index (χ4n) is 1.94. The lowest BCUT2D eigenvalue weighted by Gasteiger charge is -2.16. The number of carbonyl (C=O) groups excluding carboxylic acids is 1. The Morgan fingerprint density at radius 3 is 2.50 bits per heavy atom. The van der Waals surface area contributed by atoms with Crippen LogP contribution in [0.1, 0.15) is 5.56 Å². The molecule has 2 aromatic carbocycles. The van der Waals surface area contributed by atoms with E-state index in [1.807, 2.05) is 30.3 Å². The predicted molar refractivity (Wildman–Crippen MR) is 91.5 cm³/mol. The van der Waals surface area contributed by atoms with Crippen LogP contribution in [0.2, 0.25) is 0 Å². The van der Waals surface area contributed by atoms with Crippen molar-refractivity contribution in [3.8, 4) is 0 Å². The summed E-state index contributed by atoms with van der Waals surface area (Å²) < 4.78 is 14.1. The van der Waals surface area contributed by atoms with E-state index in [0.29, 0.717) is 14.8 Å². The van der Waals surface area contributed by atoms with Crippen LogP contribution in [-0.2, 0) is 4.79 Å². The number of hydrazine groups is 1. The summed E-state index contributed by atoms with van der Waals surface area (Å²) in [7, 11) is 0. The second kappa shape index (κ2) is 6.29. The van der Waals surface area contributed by atoms with Crippen LogP contribution < -0.4 is 5.43 Å². The lowest BCUT2D eigenvalue weighted by molar-refractivity contribution is -0.121. The zero-order valence-corrected chi connectivity index (χ0v) is 13.0. The topological polar surface area (TPSA) is 32.3 Å². The quantitative estimate of drug-likeness (QED) is 0.680. The molecule has 0 aliphatic carbocycles. The summed E-state index contributed by atoms with van der Waals surface area (Å²) in [5, 5.41) is 1.29. The highest BCUT2D eigenvalue weighted by molar-refractivity contribution is 8.26. The SMILES string of the molecule is O=C1/C(=C\c2ccccc2F)SC(=S)N1Nc1ccccc1. The Morgan fingerprint density at radius 1 is 1.09 bits per heavy atom. The number of anilines is 1. The molecule has 1 amide bonds. The predicted octanol–water partition coefficient (Wildman–Crippen LogP) is 4.05. The third kappa shape index (κ3) is 3.03. The molecule has 1 aliphatic heterocycles. The summed E-state index contributed by atoms with van der Waals surface area (Å²) in [4.78, 5) is 12.8. The molecule has 22 heavy (non-hydrogen) atoms. The number of nitrogens with one attached hydrogen (secondary N) is 1. The van der Waals surface area contributed by atoms with Gasteiger partial charge in [-0.15, -0.1) is 0 Å². The van der Waals surface area contributed by atoms with Crippen molar-refractivity contribution >= 4 is 46.0 Å². The number of thioether (sulfide) groups is 1. The van der Waals surface area contributed by atoms with Gasteiger partial charge in [-0.2, -0.15) is 0 Å². The van der Waals surface area contributed by atoms with Crippen LogP contribution in [0.25, 0.3) is 6.08 Å². The molecule has 1 aliphatic rings. The summed E-state index contributed by atoms with van der Waals surface area (Å²) in [6, 6.07) is 15.6. The van der Waals surface area contributed by atoms with Gasteiger partial charge in [0.2, 0.25) is 0 Å². The first-order valence-corrected chi connectivity index (χ1v) is 7.72. The van der Waals surface area contributed by atoms with E-state index in [4.69, 9.17) is 12.2 Å². The highest BCUT2D eigenvalue weighted by Crippen LogP contribution is 2.33. The molecule has 3 rings (SSSR count). The van der Waals surface area contributed by atoms with Crippen molar-refractivity contribution in [3.05, 3.63) is 70.9 Å². The van der Waals surface area contributed by atoms with Crippen molar-refractivity contribution in [1.82, 2.24) is 5.01 Å². The van der Waals surface area contributed by atoms with Crippen LogP contribution in [0.4, 0.5) is 10.1 Å². The molecule has 0 aromatic heterocycles. The zero-order chi connectivity index (χ0) is 15.5. The maximum atomic E-state index is 13.7. The molecule has 3 nitrogen and oxygen atoms in total. The summed E-state index contributed by atoms with van der Waals surface area (Å²) in [5.41, 5.74) is 4.08. The van der Waals surface area contributed by atoms with Crippen LogP contribution in [0, 0.1) is 5.82 Å². The molecule has 0 radical (unpaired) electrons. The second-order valence-electron chi connectivity index (χ2n) is 4.52. The van der Waals surface area contributed by atoms with Crippen LogP contribution in [0.3, 0.4) is 0 Å². The van der Waals surface area contributed by atoms with E-state index >= 15 is 0 Å². The summed E-state index contributed by atoms with van der Waals surface area (Å²) in [5.74, 6) is -0.661. The van der Waals surface area contributed by atoms with Crippen molar-refractivity contribution in [2.75, 3.05) is 5.43 Å². The van der Waals surface area contributed by atoms with E-state index in [9.17, 15) is 9.18 Å². The van der Waals surface area contributed by atoms with Gasteiger partial charge in [0.15, 0.2) is 4.32 Å². The fourth-order valence-corrected chi connectivity index (χ4v) is 3.11. The van der Waals surface area contributed by atoms with Gasteiger partial charge < -0.3 is 0 Å². The number of benzene rings is 2. The van der Waals surface area contributed by atoms with Gasteiger partial charge in [0.05, 0.1) is 10.6 Å². The molecule has 1 N–H and O–H groups in total. The average Bonchev–Trinajstić information content (AvgIpc) is 2.78. The number of rotatable bonds is 3. The van der Waals surface area contributed by atoms with E-state index in [1.165, 1.54) is 17.2 Å². The first kappa shape index (κ1) is 14.7. The third-order valence-electron chi connectivity index (χ3n) is 3.00. The van der Waals surface area contributed by atoms with E-state index in [0.717, 1.165) is 17.4 Å². The average molecular weight is 330 g/mol. The third-order valence-corrected chi connectivity index (χ3v) is 4.30. The molecule has 0 atom stereocenters. The Labute approximate surface area is 136 Å². The minimum absolute atomic E-state index is 0.290. The van der Waals surface area contributed by atoms with E-state index in [1.54, 1.807) is 18.2 Å². The number of nitrogens with zero attached hydrogens (tertiary/aromatic N) is 1. The van der Waals surface area contributed by atoms with Crippen molar-refractivity contribution < 1.29 is 9.18 Å². The molecule has 2 aromatic rings. The Morgan fingerprint density at radius 2 is 1.77 bits per heavy atom. The molecular formula is C16H11FN2OS2. The highest BCUT2D eigenvalue weighted by Gasteiger charge is 2.32. The molecule has 0 saturated carbocycles. The van der Waals surface area contributed by atoms with Crippen molar-refractivity contribution in [2.45, 2.75) is 0 Å². The van der Waals surface area contributed by atoms with Gasteiger partial charge >= 0.3 is 0 Å². The monoisotopic (exact) mass is 330 g/mol. The van der Waals surface area contributed by atoms with E-state index in [2.05, 4.69) is 5.43 Å². The standard InChI is InChI=1S/C16H11FN2OS2/c17-13-9-5-4-6-11(13)10-14-15(20)19(16(21)22-14)18-12-7-2-1-3-8-12/h1-10,18H/b14-10+. The molecule has 0 spiro atoms. The lowest BCUT2D eigenvalue weighted by atomic mass is 10.2. The van der Waals surface area contributed by atoms with Crippen LogP contribution in [-0.4, -0.2) is 15.2 Å². The molecule has 0 bridgehead atoms. The Bertz CT molecular complexity index is 762. The summed E-state index contributed by atoms with van der Waals surface area (Å²) in [6.07, 6.45) is 1.52. The minimum atomic E-state index is -0.371. The van der Waals surface area contributed by atoms with Gasteiger partial charge in [-0.05, 0) is 36.5 Å². The normalized spacial score (nSPS) is 16.4. The Hall–Kier alpha value is -2.18. The summed E-state index contributed by atoms with van der Waals surface area (Å²) in [6.45, 7) is 0. The Balaban J connectivity index is 1.84. The lowest BCUT2D eigenvalue weighted by Crippen LogP contribution is -2.33. The molecule has 0 unspecified atom stereocenters. The molecule has 1 heterocycles. The maximum Gasteiger partial charge on any atom is 0.285 e. The number of para-hydroxylation sites is 1. The van der Waals surface area contributed by atoms with E-state index < -0.39 is 0 Å². The second-order valence-corrected chi connectivity index (χ2v) is 6.19. The number of carbonyl (C=O) groups is 1. The first-order valence-electron chi connectivity index (χ1n) is 6.49. The zero-order valence-electron chi connectivity index (χ0n) is 11.3. The number of hydrogen-bond acceptors (Lipinski definition) is 4. The van der Waals surface area contributed by atoms with Gasteiger partial charge in [0.25, 0.3) is 5.91 Å². The Kier molecular flexibility index (Phi) is 4.22. The largest absolute Gasteiger partial charge is 0.290 e. The first-order chi connectivity index (χ1) is 10.6. The van der Waals surface area contributed by atoms with Gasteiger partial charge in [0, 0.05) is 5.56 Å². The number of halogens is 1. The highest BCUT2D eigenvalue weighted by atomic mass is 32.2. The molecule has 1 saturated heterocycles. The molecule has 110 valence electrons. The van der Waals surface area contributed by atoms with Crippen molar-refractivity contribution in [2.24, 2.45) is 0 Å². The number of amides is 1. The van der Waals surface area contributed by atoms with Crippen molar-refractivity contribution in [3.63, 3.8) is 0 Å². The fraction of sp³-hybridized carbons (Fsp3) is 0. The van der Waals surface area contributed by atoms with Crippen LogP contribution in [0.15, 0.2) is 59.5 Å². The molecular weight excluding hydrogens is 319 g/mol. The number of hydrogen-bond donors (Lipinski definition) is 1. The van der Waals surface area contributed by atoms with E-state index in [-0.39, 0.29) is 11.7 Å². The van der Waals surface area contributed by atoms with Crippen molar-refractivity contribution in [1.29, 1.82) is 0 Å². The van der Waals surface area contributed by atoms with Gasteiger partial charge in [-0.1, -0.05) is 48.2 Å². The van der Waals surface area contributed by atoms with Crippen LogP contribution >= 0.6 is 24.0 Å². The summed E-state index contributed by atoms with van der Waals surface area (Å²) >= 11 is 6.36. The maximum absolute atomic E-state index is 13.7.